The molecule has 208 valence electrons. The van der Waals surface area contributed by atoms with Gasteiger partial charge in [0.05, 0.1) is 65.9 Å². The third kappa shape index (κ3) is 6.37. The highest BCUT2D eigenvalue weighted by molar-refractivity contribution is 7.91. The van der Waals surface area contributed by atoms with Crippen LogP contribution in [-0.4, -0.2) is 28.1 Å². The summed E-state index contributed by atoms with van der Waals surface area (Å²) in [6, 6.07) is 15.3. The van der Waals surface area contributed by atoms with Crippen molar-refractivity contribution < 1.29 is 37.6 Å². The predicted octanol–water partition coefficient (Wildman–Crippen LogP) is 5.74. The van der Waals surface area contributed by atoms with E-state index in [9.17, 15) is 48.9 Å². The van der Waals surface area contributed by atoms with Gasteiger partial charge in [-0.05, 0) is 48.5 Å². The molecule has 41 heavy (non-hydrogen) atoms. The Morgan fingerprint density at radius 1 is 0.439 bits per heavy atom. The lowest BCUT2D eigenvalue weighted by Gasteiger charge is -2.09. The Morgan fingerprint density at radius 3 is 0.951 bits per heavy atom. The molecule has 4 aromatic rings. The predicted molar refractivity (Wildman–Crippen MR) is 138 cm³/mol. The van der Waals surface area contributed by atoms with Crippen molar-refractivity contribution in [1.82, 2.24) is 0 Å². The van der Waals surface area contributed by atoms with Gasteiger partial charge >= 0.3 is 0 Å². The molecule has 0 heterocycles. The van der Waals surface area contributed by atoms with Gasteiger partial charge in [-0.25, -0.2) is 8.42 Å². The van der Waals surface area contributed by atoms with Gasteiger partial charge in [-0.3, -0.25) is 40.5 Å². The van der Waals surface area contributed by atoms with E-state index in [4.69, 9.17) is 9.47 Å². The fourth-order valence-electron chi connectivity index (χ4n) is 3.46. The Balaban J connectivity index is 1.53. The quantitative estimate of drug-likeness (QED) is 0.161. The van der Waals surface area contributed by atoms with Crippen LogP contribution in [0.4, 0.5) is 22.7 Å². The van der Waals surface area contributed by atoms with E-state index in [1.807, 2.05) is 0 Å². The molecule has 0 aliphatic carbocycles. The summed E-state index contributed by atoms with van der Waals surface area (Å²) in [5.74, 6) is -0.306. The normalized spacial score (nSPS) is 10.9. The number of nitrogens with zero attached hydrogens (tertiary/aromatic N) is 4. The van der Waals surface area contributed by atoms with Crippen LogP contribution in [0.25, 0.3) is 0 Å². The molecule has 0 atom stereocenters. The number of benzene rings is 4. The van der Waals surface area contributed by atoms with Crippen molar-refractivity contribution in [3.8, 4) is 23.0 Å². The monoisotopic (exact) mass is 582 g/mol. The first-order chi connectivity index (χ1) is 19.3. The van der Waals surface area contributed by atoms with Crippen molar-refractivity contribution >= 4 is 32.6 Å². The van der Waals surface area contributed by atoms with Gasteiger partial charge in [0.25, 0.3) is 22.7 Å². The number of rotatable bonds is 10. The molecule has 16 nitrogen and oxygen atoms in total. The zero-order valence-electron chi connectivity index (χ0n) is 20.2. The zero-order chi connectivity index (χ0) is 29.9. The van der Waals surface area contributed by atoms with Crippen LogP contribution in [0, 0.1) is 40.5 Å². The highest BCUT2D eigenvalue weighted by Gasteiger charge is 2.21. The second-order valence-electron chi connectivity index (χ2n) is 8.05. The summed E-state index contributed by atoms with van der Waals surface area (Å²) >= 11 is 0. The molecule has 0 fully saturated rings. The molecule has 0 amide bonds. The third-order valence-electron chi connectivity index (χ3n) is 5.33. The summed E-state index contributed by atoms with van der Waals surface area (Å²) in [4.78, 5) is 40.7. The highest BCUT2D eigenvalue weighted by atomic mass is 32.2. The molecule has 0 aliphatic heterocycles. The molecule has 0 aliphatic rings. The van der Waals surface area contributed by atoms with Gasteiger partial charge in [0.2, 0.25) is 9.84 Å². The number of nitro benzene ring substituents is 4. The standard InChI is InChI=1S/C24H14N4O12S/c29-25(30)15-9-16(26(31)32)12-21(11-15)39-19-1-5-23(6-2-19)41(37,38)24-7-3-20(4-8-24)40-22-13-17(27(33)34)10-18(14-22)28(35)36/h1-14H. The zero-order valence-corrected chi connectivity index (χ0v) is 21.0. The molecule has 0 unspecified atom stereocenters. The van der Waals surface area contributed by atoms with E-state index < -0.39 is 52.3 Å². The van der Waals surface area contributed by atoms with Crippen molar-refractivity contribution in [2.24, 2.45) is 0 Å². The molecule has 0 aromatic heterocycles. The number of non-ortho nitro benzene ring substituents is 4. The number of hydrogen-bond donors (Lipinski definition) is 0. The Morgan fingerprint density at radius 2 is 0.707 bits per heavy atom. The van der Waals surface area contributed by atoms with Gasteiger partial charge in [0.1, 0.15) is 23.0 Å². The minimum atomic E-state index is -4.06. The third-order valence-corrected chi connectivity index (χ3v) is 7.12. The van der Waals surface area contributed by atoms with Crippen molar-refractivity contribution in [1.29, 1.82) is 0 Å². The van der Waals surface area contributed by atoms with Gasteiger partial charge in [-0.2, -0.15) is 0 Å². The number of sulfone groups is 1. The van der Waals surface area contributed by atoms with Crippen LogP contribution in [0.2, 0.25) is 0 Å². The van der Waals surface area contributed by atoms with E-state index >= 15 is 0 Å². The lowest BCUT2D eigenvalue weighted by Crippen LogP contribution is -2.02. The topological polar surface area (TPSA) is 225 Å². The molecule has 4 aromatic carbocycles. The van der Waals surface area contributed by atoms with Crippen molar-refractivity contribution in [2.45, 2.75) is 9.79 Å². The summed E-state index contributed by atoms with van der Waals surface area (Å²) < 4.78 is 37.0. The molecule has 17 heteroatoms. The number of ether oxygens (including phenoxy) is 2. The first-order valence-corrected chi connectivity index (χ1v) is 12.5. The maximum atomic E-state index is 13.1. The van der Waals surface area contributed by atoms with Gasteiger partial charge < -0.3 is 9.47 Å². The highest BCUT2D eigenvalue weighted by Crippen LogP contribution is 2.33. The smallest absolute Gasteiger partial charge is 0.280 e. The second-order valence-corrected chi connectivity index (χ2v) is 10.00. The Labute approximate surface area is 228 Å². The SMILES string of the molecule is O=[N+]([O-])c1cc(Oc2ccc(S(=O)(=O)c3ccc(Oc4cc([N+](=O)[O-])cc([N+](=O)[O-])c4)cc3)cc2)cc([N+](=O)[O-])c1. The van der Waals surface area contributed by atoms with Crippen molar-refractivity contribution in [2.75, 3.05) is 0 Å². The molecule has 0 bridgehead atoms. The maximum Gasteiger partial charge on any atom is 0.280 e. The largest absolute Gasteiger partial charge is 0.457 e. The lowest BCUT2D eigenvalue weighted by atomic mass is 10.2. The number of hydrogen-bond acceptors (Lipinski definition) is 12. The Kier molecular flexibility index (Phi) is 7.54. The fraction of sp³-hybridized carbons (Fsp3) is 0. The minimum absolute atomic E-state index is 0.0496. The van der Waals surface area contributed by atoms with E-state index in [2.05, 4.69) is 0 Å². The first kappa shape index (κ1) is 28.0. The van der Waals surface area contributed by atoms with Gasteiger partial charge in [0.15, 0.2) is 0 Å². The summed E-state index contributed by atoms with van der Waals surface area (Å²) in [5.41, 5.74) is -2.26. The molecule has 4 rings (SSSR count). The Hall–Kier alpha value is -5.97. The van der Waals surface area contributed by atoms with Crippen molar-refractivity contribution in [3.63, 3.8) is 0 Å². The van der Waals surface area contributed by atoms with E-state index in [1.54, 1.807) is 0 Å². The van der Waals surface area contributed by atoms with Crippen LogP contribution in [0.1, 0.15) is 0 Å². The van der Waals surface area contributed by atoms with Crippen LogP contribution in [0.15, 0.2) is 94.7 Å². The molecular weight excluding hydrogens is 568 g/mol. The molecule has 0 saturated heterocycles. The van der Waals surface area contributed by atoms with Crippen molar-refractivity contribution in [3.05, 3.63) is 125 Å². The number of nitro groups is 4. The molecule has 0 N–H and O–H groups in total. The average Bonchev–Trinajstić information content (AvgIpc) is 2.93. The first-order valence-electron chi connectivity index (χ1n) is 11.0. The summed E-state index contributed by atoms with van der Waals surface area (Å²) in [6.45, 7) is 0. The van der Waals surface area contributed by atoms with Gasteiger partial charge in [0, 0.05) is 0 Å². The van der Waals surface area contributed by atoms with Crippen LogP contribution in [0.3, 0.4) is 0 Å². The Bertz CT molecular complexity index is 1620. The maximum absolute atomic E-state index is 13.1. The van der Waals surface area contributed by atoms with Crippen LogP contribution < -0.4 is 9.47 Å². The van der Waals surface area contributed by atoms with E-state index in [0.717, 1.165) is 36.4 Å². The fourth-order valence-corrected chi connectivity index (χ4v) is 4.72. The molecule has 0 radical (unpaired) electrons. The van der Waals surface area contributed by atoms with Gasteiger partial charge in [-0.1, -0.05) is 0 Å². The molecular formula is C24H14N4O12S. The summed E-state index contributed by atoms with van der Waals surface area (Å²) in [5, 5.41) is 44.2. The lowest BCUT2D eigenvalue weighted by molar-refractivity contribution is -0.394. The van der Waals surface area contributed by atoms with E-state index in [0.29, 0.717) is 0 Å². The molecule has 0 spiro atoms. The second kappa shape index (κ2) is 11.0. The summed E-state index contributed by atoms with van der Waals surface area (Å²) in [6.07, 6.45) is 0. The van der Waals surface area contributed by atoms with E-state index in [-0.39, 0.29) is 32.8 Å². The van der Waals surface area contributed by atoms with Gasteiger partial charge in [-0.15, -0.1) is 0 Å². The average molecular weight is 582 g/mol. The van der Waals surface area contributed by atoms with Crippen LogP contribution >= 0.6 is 0 Å². The van der Waals surface area contributed by atoms with E-state index in [1.165, 1.54) is 48.5 Å². The van der Waals surface area contributed by atoms with Crippen LogP contribution in [-0.2, 0) is 9.84 Å². The minimum Gasteiger partial charge on any atom is -0.457 e. The molecule has 0 saturated carbocycles. The van der Waals surface area contributed by atoms with Crippen LogP contribution in [0.5, 0.6) is 23.0 Å². The summed E-state index contributed by atoms with van der Waals surface area (Å²) in [7, 11) is -4.06.